The van der Waals surface area contributed by atoms with E-state index in [1.165, 1.54) is 0 Å². The van der Waals surface area contributed by atoms with Gasteiger partial charge in [-0.2, -0.15) is 0 Å². The lowest BCUT2D eigenvalue weighted by atomic mass is 9.94. The molecule has 6 nitrogen and oxygen atoms in total. The van der Waals surface area contributed by atoms with Crippen molar-refractivity contribution in [3.63, 3.8) is 0 Å². The predicted octanol–water partition coefficient (Wildman–Crippen LogP) is 2.72. The molecule has 2 aliphatic rings. The number of para-hydroxylation sites is 1. The van der Waals surface area contributed by atoms with E-state index in [4.69, 9.17) is 4.74 Å². The summed E-state index contributed by atoms with van der Waals surface area (Å²) in [6.07, 6.45) is 4.75. The van der Waals surface area contributed by atoms with Crippen LogP contribution in [-0.2, 0) is 9.59 Å². The van der Waals surface area contributed by atoms with Crippen LogP contribution in [0.4, 0.5) is 0 Å². The second-order valence-electron chi connectivity index (χ2n) is 7.79. The molecule has 0 saturated carbocycles. The smallest absolute Gasteiger partial charge is 0.260 e. The fourth-order valence-electron chi connectivity index (χ4n) is 4.22. The second-order valence-corrected chi connectivity index (χ2v) is 7.79. The molecule has 29 heavy (non-hydrogen) atoms. The van der Waals surface area contributed by atoms with Crippen molar-refractivity contribution in [1.29, 1.82) is 0 Å². The minimum atomic E-state index is -0.0872. The molecule has 0 aliphatic carbocycles. The van der Waals surface area contributed by atoms with Crippen LogP contribution in [0.3, 0.4) is 0 Å². The molecule has 2 aliphatic heterocycles. The van der Waals surface area contributed by atoms with Gasteiger partial charge in [-0.15, -0.1) is 12.4 Å². The monoisotopic (exact) mass is 423 g/mol. The fourth-order valence-corrected chi connectivity index (χ4v) is 4.22. The molecule has 162 valence electrons. The van der Waals surface area contributed by atoms with Gasteiger partial charge in [0.1, 0.15) is 5.75 Å². The zero-order chi connectivity index (χ0) is 19.8. The van der Waals surface area contributed by atoms with Crippen molar-refractivity contribution in [2.75, 3.05) is 39.3 Å². The maximum atomic E-state index is 13.3. The standard InChI is InChI=1S/C22H33N3O3.ClH/c1-2-14-25(19-10-12-23-13-11-19)22(27)18-7-6-15-24(16-18)21(26)17-28-20-8-4-3-5-9-20;/h3-5,8-9,18-19,23H,2,6-7,10-17H2,1H3;1H. The van der Waals surface area contributed by atoms with Gasteiger partial charge < -0.3 is 19.9 Å². The second kappa shape index (κ2) is 12.0. The van der Waals surface area contributed by atoms with Crippen molar-refractivity contribution >= 4 is 24.2 Å². The summed E-state index contributed by atoms with van der Waals surface area (Å²) >= 11 is 0. The topological polar surface area (TPSA) is 61.9 Å². The number of nitrogens with zero attached hydrogens (tertiary/aromatic N) is 2. The molecule has 1 N–H and O–H groups in total. The molecule has 1 atom stereocenters. The van der Waals surface area contributed by atoms with Gasteiger partial charge in [0.05, 0.1) is 5.92 Å². The molecule has 2 amide bonds. The Morgan fingerprint density at radius 3 is 2.59 bits per heavy atom. The van der Waals surface area contributed by atoms with E-state index in [0.29, 0.717) is 24.9 Å². The van der Waals surface area contributed by atoms with E-state index in [-0.39, 0.29) is 36.7 Å². The van der Waals surface area contributed by atoms with Crippen LogP contribution in [-0.4, -0.2) is 67.0 Å². The first kappa shape index (κ1) is 23.5. The molecule has 0 spiro atoms. The quantitative estimate of drug-likeness (QED) is 0.732. The molecule has 1 unspecified atom stereocenters. The van der Waals surface area contributed by atoms with Crippen LogP contribution >= 0.6 is 12.4 Å². The van der Waals surface area contributed by atoms with Gasteiger partial charge in [0.15, 0.2) is 6.61 Å². The fraction of sp³-hybridized carbons (Fsp3) is 0.636. The number of nitrogens with one attached hydrogen (secondary N) is 1. The Kier molecular flexibility index (Phi) is 9.74. The average molecular weight is 424 g/mol. The number of halogens is 1. The minimum Gasteiger partial charge on any atom is -0.484 e. The van der Waals surface area contributed by atoms with E-state index < -0.39 is 0 Å². The van der Waals surface area contributed by atoms with E-state index in [9.17, 15) is 9.59 Å². The van der Waals surface area contributed by atoms with Crippen molar-refractivity contribution in [1.82, 2.24) is 15.1 Å². The molecule has 7 heteroatoms. The number of hydrogen-bond donors (Lipinski definition) is 1. The molecule has 3 rings (SSSR count). The molecule has 0 aromatic heterocycles. The minimum absolute atomic E-state index is 0. The van der Waals surface area contributed by atoms with E-state index in [1.54, 1.807) is 0 Å². The highest BCUT2D eigenvalue weighted by molar-refractivity contribution is 5.85. The molecule has 1 aromatic rings. The number of hydrogen-bond acceptors (Lipinski definition) is 4. The van der Waals surface area contributed by atoms with Crippen LogP contribution < -0.4 is 10.1 Å². The number of likely N-dealkylation sites (tertiary alicyclic amines) is 1. The van der Waals surface area contributed by atoms with Gasteiger partial charge in [-0.1, -0.05) is 25.1 Å². The van der Waals surface area contributed by atoms with Gasteiger partial charge in [-0.05, 0) is 57.3 Å². The summed E-state index contributed by atoms with van der Waals surface area (Å²) in [5.74, 6) is 0.803. The molecule has 0 radical (unpaired) electrons. The highest BCUT2D eigenvalue weighted by Crippen LogP contribution is 2.23. The zero-order valence-electron chi connectivity index (χ0n) is 17.3. The van der Waals surface area contributed by atoms with Gasteiger partial charge in [0.2, 0.25) is 5.91 Å². The first-order chi connectivity index (χ1) is 13.7. The van der Waals surface area contributed by atoms with Crippen LogP contribution in [0.15, 0.2) is 30.3 Å². The van der Waals surface area contributed by atoms with Crippen molar-refractivity contribution < 1.29 is 14.3 Å². The van der Waals surface area contributed by atoms with Gasteiger partial charge in [0, 0.05) is 25.7 Å². The van der Waals surface area contributed by atoms with Gasteiger partial charge in [-0.3, -0.25) is 9.59 Å². The molecule has 1 aromatic carbocycles. The van der Waals surface area contributed by atoms with Gasteiger partial charge in [0.25, 0.3) is 5.91 Å². The van der Waals surface area contributed by atoms with Crippen molar-refractivity contribution in [3.05, 3.63) is 30.3 Å². The SMILES string of the molecule is CCCN(C(=O)C1CCCN(C(=O)COc2ccccc2)C1)C1CCNCC1.Cl. The molecule has 2 fully saturated rings. The Balaban J connectivity index is 0.00000300. The maximum absolute atomic E-state index is 13.3. The third-order valence-electron chi connectivity index (χ3n) is 5.73. The lowest BCUT2D eigenvalue weighted by molar-refractivity contribution is -0.143. The molecular weight excluding hydrogens is 390 g/mol. The van der Waals surface area contributed by atoms with Crippen LogP contribution in [0.5, 0.6) is 5.75 Å². The Morgan fingerprint density at radius 1 is 1.17 bits per heavy atom. The Morgan fingerprint density at radius 2 is 1.90 bits per heavy atom. The summed E-state index contributed by atoms with van der Waals surface area (Å²) in [6.45, 7) is 6.14. The Labute approximate surface area is 180 Å². The summed E-state index contributed by atoms with van der Waals surface area (Å²) in [4.78, 5) is 29.8. The summed E-state index contributed by atoms with van der Waals surface area (Å²) in [5, 5.41) is 3.37. The molecule has 2 heterocycles. The van der Waals surface area contributed by atoms with Gasteiger partial charge >= 0.3 is 0 Å². The lowest BCUT2D eigenvalue weighted by Crippen LogP contribution is -2.52. The van der Waals surface area contributed by atoms with Crippen molar-refractivity contribution in [2.24, 2.45) is 5.92 Å². The number of amides is 2. The van der Waals surface area contributed by atoms with Crippen LogP contribution in [0.1, 0.15) is 39.0 Å². The summed E-state index contributed by atoms with van der Waals surface area (Å²) in [6, 6.07) is 9.72. The molecular formula is C22H34ClN3O3. The van der Waals surface area contributed by atoms with Crippen LogP contribution in [0.2, 0.25) is 0 Å². The highest BCUT2D eigenvalue weighted by Gasteiger charge is 2.34. The van der Waals surface area contributed by atoms with E-state index in [0.717, 1.165) is 51.7 Å². The van der Waals surface area contributed by atoms with Crippen LogP contribution in [0, 0.1) is 5.92 Å². The summed E-state index contributed by atoms with van der Waals surface area (Å²) < 4.78 is 5.60. The van der Waals surface area contributed by atoms with Gasteiger partial charge in [-0.25, -0.2) is 0 Å². The number of ether oxygens (including phenoxy) is 1. The molecule has 2 saturated heterocycles. The Hall–Kier alpha value is -1.79. The largest absolute Gasteiger partial charge is 0.484 e. The summed E-state index contributed by atoms with van der Waals surface area (Å²) in [5.41, 5.74) is 0. The van der Waals surface area contributed by atoms with E-state index >= 15 is 0 Å². The number of benzene rings is 1. The number of piperidine rings is 2. The Bertz CT molecular complexity index is 637. The first-order valence-electron chi connectivity index (χ1n) is 10.7. The average Bonchev–Trinajstić information content (AvgIpc) is 2.76. The van der Waals surface area contributed by atoms with Crippen molar-refractivity contribution in [3.8, 4) is 5.75 Å². The predicted molar refractivity (Wildman–Crippen MR) is 116 cm³/mol. The number of carbonyl (C=O) groups excluding carboxylic acids is 2. The number of carbonyl (C=O) groups is 2. The normalized spacial score (nSPS) is 19.9. The number of rotatable bonds is 7. The maximum Gasteiger partial charge on any atom is 0.260 e. The zero-order valence-corrected chi connectivity index (χ0v) is 18.2. The first-order valence-corrected chi connectivity index (χ1v) is 10.7. The van der Waals surface area contributed by atoms with E-state index in [1.807, 2.05) is 35.2 Å². The van der Waals surface area contributed by atoms with E-state index in [2.05, 4.69) is 17.1 Å². The lowest BCUT2D eigenvalue weighted by Gasteiger charge is -2.39. The third-order valence-corrected chi connectivity index (χ3v) is 5.73. The summed E-state index contributed by atoms with van der Waals surface area (Å²) in [7, 11) is 0. The van der Waals surface area contributed by atoms with Crippen LogP contribution in [0.25, 0.3) is 0 Å². The van der Waals surface area contributed by atoms with Crippen molar-refractivity contribution in [2.45, 2.75) is 45.1 Å². The molecule has 0 bridgehead atoms. The highest BCUT2D eigenvalue weighted by atomic mass is 35.5. The third kappa shape index (κ3) is 6.61.